The molecule has 0 aliphatic carbocycles. The Morgan fingerprint density at radius 1 is 0.455 bits per heavy atom. The van der Waals surface area contributed by atoms with Gasteiger partial charge in [0.15, 0.2) is 0 Å². The van der Waals surface area contributed by atoms with Crippen molar-refractivity contribution in [3.63, 3.8) is 0 Å². The number of carbonyl (C=O) groups excluding carboxylic acids is 4. The molecule has 12 heteroatoms. The second-order valence-electron chi connectivity index (χ2n) is 15.8. The van der Waals surface area contributed by atoms with E-state index in [0.29, 0.717) is 68.0 Å². The van der Waals surface area contributed by atoms with Crippen molar-refractivity contribution >= 4 is 56.6 Å². The maximum atomic E-state index is 14.1. The van der Waals surface area contributed by atoms with Crippen molar-refractivity contribution in [2.75, 3.05) is 79.5 Å². The molecule has 2 aromatic heterocycles. The van der Waals surface area contributed by atoms with Gasteiger partial charge in [-0.15, -0.1) is 0 Å². The van der Waals surface area contributed by atoms with Crippen molar-refractivity contribution in [2.45, 2.75) is 44.9 Å². The van der Waals surface area contributed by atoms with Crippen molar-refractivity contribution in [1.29, 1.82) is 0 Å². The zero-order chi connectivity index (χ0) is 37.8. The minimum absolute atomic E-state index is 0.241. The molecule has 286 valence electrons. The van der Waals surface area contributed by atoms with E-state index in [9.17, 15) is 19.2 Å². The minimum atomic E-state index is -0.267. The first kappa shape index (κ1) is 35.5. The van der Waals surface area contributed by atoms with Gasteiger partial charge in [0.25, 0.3) is 23.6 Å². The summed E-state index contributed by atoms with van der Waals surface area (Å²) < 4.78 is 0. The lowest BCUT2D eigenvalue weighted by Gasteiger charge is -2.36. The van der Waals surface area contributed by atoms with Gasteiger partial charge in [-0.1, -0.05) is 49.2 Å². The van der Waals surface area contributed by atoms with Crippen LogP contribution in [0, 0.1) is 0 Å². The Morgan fingerprint density at radius 3 is 1.27 bits per heavy atom. The minimum Gasteiger partial charge on any atom is -0.364 e. The third-order valence-electron chi connectivity index (χ3n) is 12.5. The number of rotatable bonds is 0. The van der Waals surface area contributed by atoms with Gasteiger partial charge >= 0.3 is 0 Å². The van der Waals surface area contributed by atoms with Gasteiger partial charge in [0.2, 0.25) is 0 Å². The summed E-state index contributed by atoms with van der Waals surface area (Å²) in [6, 6.07) is 16.0. The molecule has 11 rings (SSSR count). The van der Waals surface area contributed by atoms with Gasteiger partial charge < -0.3 is 19.8 Å². The molecule has 2 saturated heterocycles. The van der Waals surface area contributed by atoms with E-state index in [1.807, 2.05) is 48.5 Å². The van der Waals surface area contributed by atoms with Crippen LogP contribution in [0.1, 0.15) is 54.6 Å². The summed E-state index contributed by atoms with van der Waals surface area (Å²) in [7, 11) is 3.18. The van der Waals surface area contributed by atoms with Crippen molar-refractivity contribution in [1.82, 2.24) is 39.4 Å². The fourth-order valence-electron chi connectivity index (χ4n) is 9.49. The Morgan fingerprint density at radius 2 is 0.855 bits per heavy atom. The summed E-state index contributed by atoms with van der Waals surface area (Å²) in [5.74, 6) is -1.01. The van der Waals surface area contributed by atoms with E-state index < -0.39 is 0 Å². The van der Waals surface area contributed by atoms with Crippen LogP contribution in [0.5, 0.6) is 0 Å². The van der Waals surface area contributed by atoms with E-state index in [0.717, 1.165) is 96.4 Å². The van der Waals surface area contributed by atoms with Crippen LogP contribution in [0.2, 0.25) is 0 Å². The number of hydrogen-bond acceptors (Lipinski definition) is 8. The molecular formula is C43H50N8O4. The van der Waals surface area contributed by atoms with Crippen LogP contribution in [-0.2, 0) is 32.0 Å². The molecule has 0 spiro atoms. The molecule has 7 aliphatic rings. The highest BCUT2D eigenvalue weighted by Crippen LogP contribution is 2.40. The molecule has 0 unspecified atom stereocenters. The maximum absolute atomic E-state index is 14.1. The van der Waals surface area contributed by atoms with E-state index in [4.69, 9.17) is 0 Å². The Hall–Kier alpha value is -5.20. The number of aryl methyl sites for hydroxylation is 2. The van der Waals surface area contributed by atoms with Crippen molar-refractivity contribution in [2.24, 2.45) is 0 Å². The predicted octanol–water partition coefficient (Wildman–Crippen LogP) is 4.05. The number of H-pyrrole nitrogens is 2. The largest absolute Gasteiger partial charge is 0.364 e. The van der Waals surface area contributed by atoms with E-state index in [-0.39, 0.29) is 23.6 Å². The third-order valence-corrected chi connectivity index (χ3v) is 12.5. The summed E-state index contributed by atoms with van der Waals surface area (Å²) in [6.45, 7) is 8.31. The Bertz CT molecular complexity index is 2110. The van der Waals surface area contributed by atoms with Crippen molar-refractivity contribution in [3.8, 4) is 0 Å². The number of hydrogen-bond donors (Lipinski definition) is 2. The lowest BCUT2D eigenvalue weighted by Crippen LogP contribution is -2.47. The first-order valence-electron chi connectivity index (χ1n) is 20.1. The number of aromatic amines is 2. The van der Waals surface area contributed by atoms with Crippen molar-refractivity contribution < 1.29 is 19.2 Å². The quantitative estimate of drug-likeness (QED) is 0.259. The van der Waals surface area contributed by atoms with Crippen LogP contribution in [0.4, 0.5) is 0 Å². The number of piperazine rings is 2. The summed E-state index contributed by atoms with van der Waals surface area (Å²) in [5.41, 5.74) is 7.27. The van der Waals surface area contributed by atoms with Crippen LogP contribution >= 0.6 is 0 Å². The standard InChI is InChI=1S/C43H50N8O4/c1-46-40(52)36-34-28-12-5-7-14-30(28)44-32(34)16-11-17-33-35(29-13-6-8-15-31(29)45-33)37-39(43(55)47(2)41(37)53)51-26-22-49(23-27-51)19-10-4-3-9-18-48-20-24-50(25-21-48)38(36)42(46)54/h5-8,12-15,44-45H,3-4,9-11,16-27H2,1-2H3. The Balaban J connectivity index is 1.13. The maximum Gasteiger partial charge on any atom is 0.277 e. The molecule has 12 nitrogen and oxygen atoms in total. The number of nitrogens with zero attached hydrogens (tertiary/aromatic N) is 6. The highest BCUT2D eigenvalue weighted by Gasteiger charge is 2.43. The molecule has 4 amide bonds. The number of imide groups is 2. The van der Waals surface area contributed by atoms with Crippen LogP contribution in [-0.4, -0.2) is 143 Å². The van der Waals surface area contributed by atoms with Crippen LogP contribution in [0.3, 0.4) is 0 Å². The monoisotopic (exact) mass is 742 g/mol. The molecular weight excluding hydrogens is 693 g/mol. The molecule has 2 fully saturated rings. The molecule has 2 aromatic carbocycles. The number of benzene rings is 2. The SMILES string of the molecule is CN1C(=O)C2=C(C1=O)N1CCN(CCCCCCN3CCN(CC3)C3=C(C(=O)N(C)C3=O)c3c([nH]c4ccccc34)CCCc3[nH]c4ccccc4c32)CC1. The van der Waals surface area contributed by atoms with Gasteiger partial charge in [-0.2, -0.15) is 0 Å². The van der Waals surface area contributed by atoms with Gasteiger partial charge in [0, 0.05) is 111 Å². The molecule has 0 atom stereocenters. The topological polar surface area (TPSA) is 119 Å². The van der Waals surface area contributed by atoms with Crippen LogP contribution in [0.25, 0.3) is 33.0 Å². The van der Waals surface area contributed by atoms with Gasteiger partial charge in [0.05, 0.1) is 11.1 Å². The lowest BCUT2D eigenvalue weighted by atomic mass is 9.95. The van der Waals surface area contributed by atoms with Crippen LogP contribution < -0.4 is 0 Å². The van der Waals surface area contributed by atoms with E-state index >= 15 is 0 Å². The fourth-order valence-corrected chi connectivity index (χ4v) is 9.49. The second-order valence-corrected chi connectivity index (χ2v) is 15.8. The zero-order valence-electron chi connectivity index (χ0n) is 32.0. The molecule has 2 N–H and O–H groups in total. The number of likely N-dealkylation sites (N-methyl/N-ethyl adjacent to an activating group) is 2. The molecule has 0 radical (unpaired) electrons. The Kier molecular flexibility index (Phi) is 9.34. The molecule has 4 bridgehead atoms. The predicted molar refractivity (Wildman–Crippen MR) is 213 cm³/mol. The first-order chi connectivity index (χ1) is 26.8. The molecule has 55 heavy (non-hydrogen) atoms. The Labute approximate surface area is 321 Å². The zero-order valence-corrected chi connectivity index (χ0v) is 32.0. The third kappa shape index (κ3) is 6.15. The highest BCUT2D eigenvalue weighted by molar-refractivity contribution is 6.38. The molecule has 9 heterocycles. The van der Waals surface area contributed by atoms with Crippen molar-refractivity contribution in [3.05, 3.63) is 82.4 Å². The summed E-state index contributed by atoms with van der Waals surface area (Å²) in [5, 5.41) is 1.86. The summed E-state index contributed by atoms with van der Waals surface area (Å²) >= 11 is 0. The molecule has 0 saturated carbocycles. The normalized spacial score (nSPS) is 23.5. The van der Waals surface area contributed by atoms with Gasteiger partial charge in [-0.3, -0.25) is 38.8 Å². The number of aromatic nitrogens is 2. The number of fused-ring (bicyclic) bond motifs is 4. The van der Waals surface area contributed by atoms with E-state index in [1.165, 1.54) is 22.6 Å². The second kappa shape index (κ2) is 14.5. The fraction of sp³-hybridized carbons (Fsp3) is 0.442. The molecule has 4 aromatic rings. The average Bonchev–Trinajstić information content (AvgIpc) is 3.88. The smallest absolute Gasteiger partial charge is 0.277 e. The lowest BCUT2D eigenvalue weighted by molar-refractivity contribution is -0.137. The van der Waals surface area contributed by atoms with E-state index in [2.05, 4.69) is 29.6 Å². The summed E-state index contributed by atoms with van der Waals surface area (Å²) in [4.78, 5) is 75.0. The number of para-hydroxylation sites is 2. The highest BCUT2D eigenvalue weighted by atomic mass is 16.2. The first-order valence-corrected chi connectivity index (χ1v) is 20.1. The molecule has 7 aliphatic heterocycles. The number of carbonyl (C=O) groups is 4. The van der Waals surface area contributed by atoms with Gasteiger partial charge in [-0.05, 0) is 57.3 Å². The average molecular weight is 743 g/mol. The van der Waals surface area contributed by atoms with E-state index in [1.54, 1.807) is 14.1 Å². The summed E-state index contributed by atoms with van der Waals surface area (Å²) in [6.07, 6.45) is 6.52. The van der Waals surface area contributed by atoms with Gasteiger partial charge in [0.1, 0.15) is 11.4 Å². The number of nitrogens with one attached hydrogen (secondary N) is 2. The van der Waals surface area contributed by atoms with Gasteiger partial charge in [-0.25, -0.2) is 0 Å². The number of amides is 4. The van der Waals surface area contributed by atoms with Crippen LogP contribution in [0.15, 0.2) is 59.9 Å².